The fraction of sp³-hybridized carbons (Fsp3) is 0.800. The molecule has 0 aliphatic rings. The van der Waals surface area contributed by atoms with Crippen molar-refractivity contribution >= 4 is 28.1 Å². The van der Waals surface area contributed by atoms with E-state index in [9.17, 15) is 4.79 Å². The van der Waals surface area contributed by atoms with Gasteiger partial charge in [-0.05, 0) is 13.8 Å². The number of carbonyl (C=O) groups is 1. The molecule has 0 rings (SSSR count). The predicted octanol–water partition coefficient (Wildman–Crippen LogP) is 0.878. The van der Waals surface area contributed by atoms with E-state index in [2.05, 4.69) is 14.9 Å². The molecule has 0 N–H and O–H groups in total. The molecule has 0 atom stereocenters. The first kappa shape index (κ1) is 8.98. The molecule has 0 saturated carbocycles. The van der Waals surface area contributed by atoms with Crippen molar-refractivity contribution < 1.29 is 9.22 Å². The second-order valence-corrected chi connectivity index (χ2v) is 2.88. The molecule has 0 aromatic rings. The van der Waals surface area contributed by atoms with Gasteiger partial charge in [-0.15, -0.1) is 11.6 Å². The van der Waals surface area contributed by atoms with Gasteiger partial charge in [0.25, 0.3) is 5.97 Å². The van der Waals surface area contributed by atoms with Crippen LogP contribution in [0.15, 0.2) is 0 Å². The van der Waals surface area contributed by atoms with Crippen molar-refractivity contribution in [1.82, 2.24) is 0 Å². The van der Waals surface area contributed by atoms with Gasteiger partial charge >= 0.3 is 10.5 Å². The topological polar surface area (TPSA) is 26.3 Å². The van der Waals surface area contributed by atoms with Crippen LogP contribution in [0.4, 0.5) is 0 Å². The lowest BCUT2D eigenvalue weighted by molar-refractivity contribution is -0.142. The minimum atomic E-state index is -0.594. The van der Waals surface area contributed by atoms with Crippen molar-refractivity contribution in [2.45, 2.75) is 13.8 Å². The highest BCUT2D eigenvalue weighted by Gasteiger charge is 2.26. The van der Waals surface area contributed by atoms with Crippen molar-refractivity contribution in [2.75, 3.05) is 5.88 Å². The highest BCUT2D eigenvalue weighted by atomic mass is 35.5. The third-order valence-corrected chi connectivity index (χ3v) is 1.83. The summed E-state index contributed by atoms with van der Waals surface area (Å²) in [5, 5.41) is 0. The summed E-state index contributed by atoms with van der Waals surface area (Å²) < 4.78 is 4.29. The second kappa shape index (κ2) is 3.22. The highest BCUT2D eigenvalue weighted by Crippen LogP contribution is 2.17. The van der Waals surface area contributed by atoms with Gasteiger partial charge in [-0.1, -0.05) is 0 Å². The standard InChI is InChI=1S/C5H8ClO2Si/c1-5(2,3-6)4(7)8-9/h3H2,1-2H3. The zero-order valence-corrected chi connectivity index (χ0v) is 7.16. The summed E-state index contributed by atoms with van der Waals surface area (Å²) in [6, 6.07) is 0. The first-order valence-electron chi connectivity index (χ1n) is 2.48. The zero-order chi connectivity index (χ0) is 7.49. The van der Waals surface area contributed by atoms with E-state index in [4.69, 9.17) is 11.6 Å². The lowest BCUT2D eigenvalue weighted by Crippen LogP contribution is -2.27. The van der Waals surface area contributed by atoms with Crippen LogP contribution < -0.4 is 0 Å². The normalized spacial score (nSPS) is 11.1. The summed E-state index contributed by atoms with van der Waals surface area (Å²) in [6.45, 7) is 3.42. The van der Waals surface area contributed by atoms with E-state index in [1.807, 2.05) is 0 Å². The van der Waals surface area contributed by atoms with E-state index in [-0.39, 0.29) is 11.8 Å². The van der Waals surface area contributed by atoms with E-state index in [0.717, 1.165) is 0 Å². The smallest absolute Gasteiger partial charge is 0.345 e. The van der Waals surface area contributed by atoms with E-state index in [0.29, 0.717) is 0 Å². The first-order valence-corrected chi connectivity index (χ1v) is 3.43. The minimum absolute atomic E-state index is 0.260. The van der Waals surface area contributed by atoms with Crippen LogP contribution in [0.1, 0.15) is 13.8 Å². The van der Waals surface area contributed by atoms with Gasteiger partial charge in [0.05, 0.1) is 5.41 Å². The molecule has 0 unspecified atom stereocenters. The van der Waals surface area contributed by atoms with Gasteiger partial charge in [0.2, 0.25) is 0 Å². The average Bonchev–Trinajstić information content (AvgIpc) is 1.86. The van der Waals surface area contributed by atoms with Crippen LogP contribution in [-0.4, -0.2) is 22.3 Å². The second-order valence-electron chi connectivity index (χ2n) is 2.41. The summed E-state index contributed by atoms with van der Waals surface area (Å²) in [7, 11) is 2.63. The number of hydrogen-bond donors (Lipinski definition) is 0. The molecule has 51 valence electrons. The van der Waals surface area contributed by atoms with Gasteiger partial charge < -0.3 is 4.43 Å². The van der Waals surface area contributed by atoms with Crippen LogP contribution in [0.25, 0.3) is 0 Å². The Labute approximate surface area is 63.1 Å². The molecule has 0 spiro atoms. The Morgan fingerprint density at radius 3 is 2.33 bits per heavy atom. The van der Waals surface area contributed by atoms with Crippen molar-refractivity contribution in [3.63, 3.8) is 0 Å². The minimum Gasteiger partial charge on any atom is -0.516 e. The summed E-state index contributed by atoms with van der Waals surface area (Å²) in [5.41, 5.74) is -0.594. The molecule has 3 radical (unpaired) electrons. The molecule has 0 amide bonds. The lowest BCUT2D eigenvalue weighted by atomic mass is 9.97. The Hall–Kier alpha value is -0.0231. The van der Waals surface area contributed by atoms with Crippen molar-refractivity contribution in [1.29, 1.82) is 0 Å². The molecule has 0 aromatic heterocycles. The maximum Gasteiger partial charge on any atom is 0.345 e. The van der Waals surface area contributed by atoms with E-state index in [1.54, 1.807) is 13.8 Å². The number of halogens is 1. The van der Waals surface area contributed by atoms with Gasteiger partial charge in [0.1, 0.15) is 0 Å². The fourth-order valence-corrected chi connectivity index (χ4v) is 0.578. The Balaban J connectivity index is 3.97. The third-order valence-electron chi connectivity index (χ3n) is 0.979. The lowest BCUT2D eigenvalue weighted by Gasteiger charge is -2.16. The van der Waals surface area contributed by atoms with Gasteiger partial charge in [-0.25, -0.2) is 0 Å². The Bertz CT molecular complexity index is 114. The molecule has 9 heavy (non-hydrogen) atoms. The quantitative estimate of drug-likeness (QED) is 0.446. The first-order chi connectivity index (χ1) is 4.04. The number of rotatable bonds is 2. The van der Waals surface area contributed by atoms with Crippen molar-refractivity contribution in [2.24, 2.45) is 5.41 Å². The number of alkyl halides is 1. The summed E-state index contributed by atoms with van der Waals surface area (Å²) in [4.78, 5) is 10.7. The Morgan fingerprint density at radius 2 is 2.22 bits per heavy atom. The van der Waals surface area contributed by atoms with Gasteiger partial charge in [0, 0.05) is 5.88 Å². The molecule has 0 saturated heterocycles. The summed E-state index contributed by atoms with van der Waals surface area (Å²) in [6.07, 6.45) is 0. The molecular weight excluding hydrogens is 156 g/mol. The molecule has 0 bridgehead atoms. The molecular formula is C5H8ClO2Si. The highest BCUT2D eigenvalue weighted by molar-refractivity contribution is 6.20. The van der Waals surface area contributed by atoms with Crippen molar-refractivity contribution in [3.05, 3.63) is 0 Å². The largest absolute Gasteiger partial charge is 0.516 e. The van der Waals surface area contributed by atoms with Gasteiger partial charge in [0.15, 0.2) is 0 Å². The molecule has 0 fully saturated rings. The average molecular weight is 164 g/mol. The third kappa shape index (κ3) is 2.36. The van der Waals surface area contributed by atoms with Gasteiger partial charge in [-0.2, -0.15) is 0 Å². The maximum absolute atomic E-state index is 10.7. The molecule has 0 heterocycles. The van der Waals surface area contributed by atoms with Crippen LogP contribution in [0.5, 0.6) is 0 Å². The van der Waals surface area contributed by atoms with E-state index >= 15 is 0 Å². The van der Waals surface area contributed by atoms with Crippen LogP contribution in [-0.2, 0) is 9.22 Å². The predicted molar refractivity (Wildman–Crippen MR) is 36.3 cm³/mol. The van der Waals surface area contributed by atoms with Crippen LogP contribution >= 0.6 is 11.6 Å². The molecule has 4 heteroatoms. The number of hydrogen-bond acceptors (Lipinski definition) is 2. The Morgan fingerprint density at radius 1 is 1.78 bits per heavy atom. The number of carbonyl (C=O) groups excluding carboxylic acids is 1. The molecule has 0 aromatic carbocycles. The SMILES string of the molecule is CC(C)(CCl)C(=O)O[Si]. The van der Waals surface area contributed by atoms with Crippen molar-refractivity contribution in [3.8, 4) is 0 Å². The van der Waals surface area contributed by atoms with E-state index in [1.165, 1.54) is 0 Å². The maximum atomic E-state index is 10.7. The molecule has 2 nitrogen and oxygen atoms in total. The molecule has 0 aliphatic carbocycles. The Kier molecular flexibility index (Phi) is 3.21. The monoisotopic (exact) mass is 163 g/mol. The van der Waals surface area contributed by atoms with Crippen LogP contribution in [0.2, 0.25) is 0 Å². The van der Waals surface area contributed by atoms with Gasteiger partial charge in [-0.3, -0.25) is 4.79 Å². The van der Waals surface area contributed by atoms with E-state index < -0.39 is 5.41 Å². The zero-order valence-electron chi connectivity index (χ0n) is 5.40. The van der Waals surface area contributed by atoms with Crippen LogP contribution in [0, 0.1) is 5.41 Å². The molecule has 0 aliphatic heterocycles. The summed E-state index contributed by atoms with van der Waals surface area (Å²) >= 11 is 5.44. The fourth-order valence-electron chi connectivity index (χ4n) is 0.193. The summed E-state index contributed by atoms with van der Waals surface area (Å²) in [5.74, 6) is -0.0924. The van der Waals surface area contributed by atoms with Crippen LogP contribution in [0.3, 0.4) is 0 Å².